The van der Waals surface area contributed by atoms with Crippen molar-refractivity contribution in [3.8, 4) is 5.75 Å². The van der Waals surface area contributed by atoms with E-state index in [4.69, 9.17) is 10.5 Å². The van der Waals surface area contributed by atoms with Crippen LogP contribution in [0.1, 0.15) is 57.3 Å². The Hall–Kier alpha value is -1.35. The summed E-state index contributed by atoms with van der Waals surface area (Å²) in [5.74, 6) is 0.909. The first-order valence-corrected chi connectivity index (χ1v) is 7.33. The first kappa shape index (κ1) is 16.7. The molecule has 0 radical (unpaired) electrons. The maximum atomic E-state index is 12.1. The number of carbonyl (C=O) groups is 1. The van der Waals surface area contributed by atoms with Crippen molar-refractivity contribution in [3.05, 3.63) is 29.8 Å². The molecule has 20 heavy (non-hydrogen) atoms. The van der Waals surface area contributed by atoms with Gasteiger partial charge in [0.25, 0.3) is 0 Å². The Balaban J connectivity index is 2.55. The fraction of sp³-hybridized carbons (Fsp3) is 0.588. The van der Waals surface area contributed by atoms with Crippen LogP contribution in [0.15, 0.2) is 24.3 Å². The van der Waals surface area contributed by atoms with Crippen LogP contribution in [0.4, 0.5) is 0 Å². The fourth-order valence-electron chi connectivity index (χ4n) is 2.17. The zero-order valence-corrected chi connectivity index (χ0v) is 13.1. The Morgan fingerprint density at radius 1 is 1.25 bits per heavy atom. The molecule has 0 aliphatic rings. The predicted molar refractivity (Wildman–Crippen MR) is 83.2 cm³/mol. The van der Waals surface area contributed by atoms with E-state index < -0.39 is 0 Å². The quantitative estimate of drug-likeness (QED) is 0.771. The van der Waals surface area contributed by atoms with Crippen LogP contribution in [0.5, 0.6) is 5.75 Å². The molecule has 0 aliphatic carbocycles. The van der Waals surface area contributed by atoms with Gasteiger partial charge in [0.2, 0.25) is 0 Å². The summed E-state index contributed by atoms with van der Waals surface area (Å²) < 4.78 is 5.50. The third kappa shape index (κ3) is 6.20. The smallest absolute Gasteiger partial charge is 0.164 e. The van der Waals surface area contributed by atoms with Gasteiger partial charge in [0.15, 0.2) is 5.78 Å². The molecule has 3 heteroatoms. The van der Waals surface area contributed by atoms with Crippen molar-refractivity contribution in [2.75, 3.05) is 6.61 Å². The van der Waals surface area contributed by atoms with Crippen LogP contribution in [0.2, 0.25) is 0 Å². The third-order valence-electron chi connectivity index (χ3n) is 2.97. The highest BCUT2D eigenvalue weighted by Crippen LogP contribution is 2.22. The van der Waals surface area contributed by atoms with Crippen molar-refractivity contribution >= 4 is 5.78 Å². The van der Waals surface area contributed by atoms with Crippen LogP contribution in [-0.2, 0) is 0 Å². The van der Waals surface area contributed by atoms with Gasteiger partial charge in [-0.3, -0.25) is 4.79 Å². The molecule has 1 aromatic carbocycles. The summed E-state index contributed by atoms with van der Waals surface area (Å²) in [5.41, 5.74) is 6.91. The summed E-state index contributed by atoms with van der Waals surface area (Å²) in [6, 6.07) is 7.24. The molecule has 0 aromatic heterocycles. The lowest BCUT2D eigenvalue weighted by atomic mass is 9.86. The molecule has 112 valence electrons. The van der Waals surface area contributed by atoms with E-state index in [9.17, 15) is 4.79 Å². The molecule has 0 amide bonds. The Bertz CT molecular complexity index is 418. The van der Waals surface area contributed by atoms with Gasteiger partial charge in [-0.2, -0.15) is 0 Å². The van der Waals surface area contributed by atoms with Gasteiger partial charge >= 0.3 is 0 Å². The van der Waals surface area contributed by atoms with Crippen molar-refractivity contribution in [1.82, 2.24) is 0 Å². The van der Waals surface area contributed by atoms with E-state index in [1.165, 1.54) is 0 Å². The number of ketones is 1. The van der Waals surface area contributed by atoms with Gasteiger partial charge in [0.1, 0.15) is 5.75 Å². The molecule has 0 heterocycles. The van der Waals surface area contributed by atoms with Gasteiger partial charge in [0.05, 0.1) is 6.61 Å². The summed E-state index contributed by atoms with van der Waals surface area (Å²) >= 11 is 0. The zero-order valence-electron chi connectivity index (χ0n) is 13.1. The van der Waals surface area contributed by atoms with E-state index in [0.717, 1.165) is 18.6 Å². The van der Waals surface area contributed by atoms with E-state index in [2.05, 4.69) is 27.7 Å². The monoisotopic (exact) mass is 277 g/mol. The Morgan fingerprint density at radius 2 is 1.85 bits per heavy atom. The van der Waals surface area contributed by atoms with E-state index in [-0.39, 0.29) is 17.2 Å². The lowest BCUT2D eigenvalue weighted by Gasteiger charge is -2.22. The maximum Gasteiger partial charge on any atom is 0.164 e. The second-order valence-electron chi connectivity index (χ2n) is 6.53. The third-order valence-corrected chi connectivity index (χ3v) is 2.97. The van der Waals surface area contributed by atoms with Gasteiger partial charge in [-0.15, -0.1) is 0 Å². The summed E-state index contributed by atoms with van der Waals surface area (Å²) in [6.07, 6.45) is 2.21. The van der Waals surface area contributed by atoms with Crippen molar-refractivity contribution < 1.29 is 9.53 Å². The molecule has 3 nitrogen and oxygen atoms in total. The van der Waals surface area contributed by atoms with Gasteiger partial charge in [-0.05, 0) is 42.5 Å². The highest BCUT2D eigenvalue weighted by atomic mass is 16.5. The minimum absolute atomic E-state index is 0.0847. The molecule has 0 fully saturated rings. The van der Waals surface area contributed by atoms with Gasteiger partial charge in [0, 0.05) is 18.0 Å². The predicted octanol–water partition coefficient (Wildman–Crippen LogP) is 3.81. The van der Waals surface area contributed by atoms with Crippen molar-refractivity contribution in [2.45, 2.75) is 53.0 Å². The molecule has 0 saturated heterocycles. The Morgan fingerprint density at radius 3 is 2.35 bits per heavy atom. The molecular formula is C17H27NO2. The van der Waals surface area contributed by atoms with Crippen LogP contribution in [0.3, 0.4) is 0 Å². The average Bonchev–Trinajstić information content (AvgIpc) is 2.34. The van der Waals surface area contributed by atoms with Crippen LogP contribution >= 0.6 is 0 Å². The summed E-state index contributed by atoms with van der Waals surface area (Å²) in [6.45, 7) is 9.17. The van der Waals surface area contributed by atoms with Gasteiger partial charge in [-0.1, -0.05) is 27.7 Å². The number of benzene rings is 1. The number of rotatable bonds is 7. The average molecular weight is 277 g/mol. The fourth-order valence-corrected chi connectivity index (χ4v) is 2.17. The van der Waals surface area contributed by atoms with E-state index in [1.807, 2.05) is 24.3 Å². The van der Waals surface area contributed by atoms with Crippen LogP contribution in [0, 0.1) is 5.41 Å². The number of ether oxygens (including phenoxy) is 1. The highest BCUT2D eigenvalue weighted by Gasteiger charge is 2.18. The van der Waals surface area contributed by atoms with E-state index in [0.29, 0.717) is 18.6 Å². The van der Waals surface area contributed by atoms with E-state index in [1.54, 1.807) is 0 Å². The van der Waals surface area contributed by atoms with Gasteiger partial charge < -0.3 is 10.5 Å². The molecule has 0 spiro atoms. The molecular weight excluding hydrogens is 250 g/mol. The number of hydrogen-bond acceptors (Lipinski definition) is 3. The second kappa shape index (κ2) is 7.44. The lowest BCUT2D eigenvalue weighted by molar-refractivity contribution is 0.0968. The second-order valence-corrected chi connectivity index (χ2v) is 6.53. The summed E-state index contributed by atoms with van der Waals surface area (Å²) in [7, 11) is 0. The highest BCUT2D eigenvalue weighted by molar-refractivity contribution is 5.96. The Labute approximate surface area is 122 Å². The lowest BCUT2D eigenvalue weighted by Crippen LogP contribution is -2.28. The molecule has 1 atom stereocenters. The van der Waals surface area contributed by atoms with Crippen LogP contribution < -0.4 is 10.5 Å². The van der Waals surface area contributed by atoms with E-state index >= 15 is 0 Å². The van der Waals surface area contributed by atoms with Crippen LogP contribution in [-0.4, -0.2) is 18.4 Å². The SMILES string of the molecule is CCCOc1ccc(C(=O)CC(N)CC(C)(C)C)cc1. The first-order valence-electron chi connectivity index (χ1n) is 7.33. The Kier molecular flexibility index (Phi) is 6.21. The zero-order chi connectivity index (χ0) is 15.2. The topological polar surface area (TPSA) is 52.3 Å². The number of nitrogens with two attached hydrogens (primary N) is 1. The van der Waals surface area contributed by atoms with Crippen molar-refractivity contribution in [3.63, 3.8) is 0 Å². The number of Topliss-reactive ketones (excluding diaryl/α,β-unsaturated/α-hetero) is 1. The molecule has 0 aliphatic heterocycles. The van der Waals surface area contributed by atoms with Crippen LogP contribution in [0.25, 0.3) is 0 Å². The number of carbonyl (C=O) groups excluding carboxylic acids is 1. The van der Waals surface area contributed by atoms with Crippen molar-refractivity contribution in [1.29, 1.82) is 0 Å². The van der Waals surface area contributed by atoms with Gasteiger partial charge in [-0.25, -0.2) is 0 Å². The standard InChI is InChI=1S/C17H27NO2/c1-5-10-20-15-8-6-13(7-9-15)16(19)11-14(18)12-17(2,3)4/h6-9,14H,5,10-12,18H2,1-4H3. The summed E-state index contributed by atoms with van der Waals surface area (Å²) in [5, 5.41) is 0. The molecule has 0 saturated carbocycles. The molecule has 2 N–H and O–H groups in total. The normalized spacial score (nSPS) is 13.1. The molecule has 1 aromatic rings. The minimum atomic E-state index is -0.0847. The maximum absolute atomic E-state index is 12.1. The first-order chi connectivity index (χ1) is 9.31. The number of hydrogen-bond donors (Lipinski definition) is 1. The van der Waals surface area contributed by atoms with Crippen molar-refractivity contribution in [2.24, 2.45) is 11.1 Å². The molecule has 1 unspecified atom stereocenters. The molecule has 0 bridgehead atoms. The minimum Gasteiger partial charge on any atom is -0.494 e. The summed E-state index contributed by atoms with van der Waals surface area (Å²) in [4.78, 5) is 12.1. The molecule has 1 rings (SSSR count). The largest absolute Gasteiger partial charge is 0.494 e.